The monoisotopic (exact) mass is 148 g/mol. The predicted molar refractivity (Wildman–Crippen MR) is 44.4 cm³/mol. The van der Waals surface area contributed by atoms with Gasteiger partial charge in [0.15, 0.2) is 0 Å². The fourth-order valence-electron chi connectivity index (χ4n) is 0.784. The molecule has 1 radical (unpaired) electrons. The van der Waals surface area contributed by atoms with Crippen LogP contribution in [0.1, 0.15) is 6.92 Å². The van der Waals surface area contributed by atoms with Gasteiger partial charge in [-0.3, -0.25) is 4.79 Å². The summed E-state index contributed by atoms with van der Waals surface area (Å²) in [6.45, 7) is 1.54. The van der Waals surface area contributed by atoms with Gasteiger partial charge in [-0.15, -0.1) is 0 Å². The lowest BCUT2D eigenvalue weighted by Crippen LogP contribution is -2.22. The summed E-state index contributed by atoms with van der Waals surface area (Å²) in [6, 6.07) is 10.2. The van der Waals surface area contributed by atoms with Gasteiger partial charge in [-0.1, -0.05) is 12.1 Å². The van der Waals surface area contributed by atoms with E-state index in [1.807, 2.05) is 12.1 Å². The second-order valence-electron chi connectivity index (χ2n) is 2.34. The largest absolute Gasteiger partial charge is 0.316 e. The number of hydrogen-bond donors (Lipinski definition) is 0. The van der Waals surface area contributed by atoms with Gasteiger partial charge in [-0.05, 0) is 18.2 Å². The Hall–Kier alpha value is -1.31. The molecular formula is C9H10NO. The normalized spacial score (nSPS) is 9.27. The Morgan fingerprint density at radius 2 is 2.00 bits per heavy atom. The maximum atomic E-state index is 10.9. The summed E-state index contributed by atoms with van der Waals surface area (Å²) in [4.78, 5) is 12.5. The highest BCUT2D eigenvalue weighted by Crippen LogP contribution is 2.09. The molecule has 0 saturated heterocycles. The Balaban J connectivity index is 2.85. The minimum absolute atomic E-state index is 0.0381. The van der Waals surface area contributed by atoms with Gasteiger partial charge in [0.2, 0.25) is 5.91 Å². The molecule has 0 atom stereocenters. The maximum Gasteiger partial charge on any atom is 0.223 e. The number of anilines is 1. The second kappa shape index (κ2) is 3.19. The predicted octanol–water partition coefficient (Wildman–Crippen LogP) is 1.47. The highest BCUT2D eigenvalue weighted by atomic mass is 16.2. The van der Waals surface area contributed by atoms with Crippen molar-refractivity contribution in [1.29, 1.82) is 0 Å². The molecule has 0 aliphatic rings. The summed E-state index contributed by atoms with van der Waals surface area (Å²) in [5.74, 6) is 0.0381. The van der Waals surface area contributed by atoms with Crippen molar-refractivity contribution >= 4 is 11.6 Å². The molecule has 0 aromatic heterocycles. The third kappa shape index (κ3) is 1.80. The van der Waals surface area contributed by atoms with Crippen molar-refractivity contribution < 1.29 is 4.79 Å². The van der Waals surface area contributed by atoms with Crippen LogP contribution in [0.3, 0.4) is 0 Å². The number of nitrogens with zero attached hydrogens (tertiary/aromatic N) is 1. The molecule has 0 spiro atoms. The molecule has 57 valence electrons. The molecule has 0 unspecified atom stereocenters. The molecule has 0 bridgehead atoms. The minimum atomic E-state index is 0.0381. The van der Waals surface area contributed by atoms with Gasteiger partial charge in [-0.2, -0.15) is 0 Å². The average Bonchev–Trinajstić information content (AvgIpc) is 2.05. The van der Waals surface area contributed by atoms with Crippen LogP contribution in [-0.2, 0) is 4.79 Å². The fraction of sp³-hybridized carbons (Fsp3) is 0.222. The van der Waals surface area contributed by atoms with Crippen molar-refractivity contribution in [3.05, 3.63) is 30.3 Å². The van der Waals surface area contributed by atoms with Crippen molar-refractivity contribution in [2.45, 2.75) is 6.92 Å². The van der Waals surface area contributed by atoms with Crippen LogP contribution >= 0.6 is 0 Å². The molecule has 0 fully saturated rings. The molecule has 1 rings (SSSR count). The van der Waals surface area contributed by atoms with Gasteiger partial charge in [0.05, 0.1) is 0 Å². The van der Waals surface area contributed by atoms with Crippen molar-refractivity contribution in [2.24, 2.45) is 0 Å². The van der Waals surface area contributed by atoms with Crippen molar-refractivity contribution in [3.8, 4) is 0 Å². The topological polar surface area (TPSA) is 20.3 Å². The van der Waals surface area contributed by atoms with Crippen molar-refractivity contribution in [2.75, 3.05) is 11.9 Å². The van der Waals surface area contributed by atoms with Crippen LogP contribution in [0, 0.1) is 6.07 Å². The third-order valence-corrected chi connectivity index (χ3v) is 1.56. The maximum absolute atomic E-state index is 10.9. The Kier molecular flexibility index (Phi) is 2.26. The molecule has 0 heterocycles. The zero-order valence-corrected chi connectivity index (χ0v) is 6.66. The summed E-state index contributed by atoms with van der Waals surface area (Å²) >= 11 is 0. The third-order valence-electron chi connectivity index (χ3n) is 1.56. The second-order valence-corrected chi connectivity index (χ2v) is 2.34. The number of benzene rings is 1. The van der Waals surface area contributed by atoms with Gasteiger partial charge in [0.25, 0.3) is 0 Å². The first-order valence-electron chi connectivity index (χ1n) is 3.42. The molecule has 1 aromatic carbocycles. The summed E-state index contributed by atoms with van der Waals surface area (Å²) in [7, 11) is 1.75. The Bertz CT molecular complexity index is 243. The lowest BCUT2D eigenvalue weighted by molar-refractivity contribution is -0.116. The molecule has 1 aromatic rings. The smallest absolute Gasteiger partial charge is 0.223 e. The van der Waals surface area contributed by atoms with E-state index < -0.39 is 0 Å². The molecule has 2 heteroatoms. The summed E-state index contributed by atoms with van der Waals surface area (Å²) < 4.78 is 0. The molecule has 11 heavy (non-hydrogen) atoms. The van der Waals surface area contributed by atoms with Crippen LogP contribution in [0.15, 0.2) is 24.3 Å². The zero-order valence-electron chi connectivity index (χ0n) is 6.66. The molecule has 2 nitrogen and oxygen atoms in total. The highest BCUT2D eigenvalue weighted by Gasteiger charge is 2.02. The Morgan fingerprint density at radius 3 is 2.45 bits per heavy atom. The van der Waals surface area contributed by atoms with Gasteiger partial charge in [-0.25, -0.2) is 0 Å². The summed E-state index contributed by atoms with van der Waals surface area (Å²) in [5.41, 5.74) is 0.899. The Morgan fingerprint density at radius 1 is 1.45 bits per heavy atom. The highest BCUT2D eigenvalue weighted by molar-refractivity contribution is 5.90. The van der Waals surface area contributed by atoms with E-state index in [0.29, 0.717) is 0 Å². The molecule has 1 amide bonds. The first kappa shape index (κ1) is 7.79. The van der Waals surface area contributed by atoms with Crippen LogP contribution in [-0.4, -0.2) is 13.0 Å². The van der Waals surface area contributed by atoms with E-state index in [2.05, 4.69) is 6.07 Å². The van der Waals surface area contributed by atoms with E-state index in [0.717, 1.165) is 5.69 Å². The lowest BCUT2D eigenvalue weighted by Gasteiger charge is -2.13. The minimum Gasteiger partial charge on any atom is -0.316 e. The molecule has 0 N–H and O–H groups in total. The molecular weight excluding hydrogens is 138 g/mol. The molecule has 0 aliphatic heterocycles. The lowest BCUT2D eigenvalue weighted by atomic mass is 10.3. The first-order chi connectivity index (χ1) is 5.22. The molecule has 0 saturated carbocycles. The van der Waals surface area contributed by atoms with Gasteiger partial charge in [0.1, 0.15) is 0 Å². The number of hydrogen-bond acceptors (Lipinski definition) is 1. The van der Waals surface area contributed by atoms with E-state index in [1.54, 1.807) is 24.1 Å². The summed E-state index contributed by atoms with van der Waals surface area (Å²) in [6.07, 6.45) is 0. The molecule has 0 aliphatic carbocycles. The van der Waals surface area contributed by atoms with Crippen LogP contribution < -0.4 is 4.90 Å². The zero-order chi connectivity index (χ0) is 8.27. The number of rotatable bonds is 1. The fourth-order valence-corrected chi connectivity index (χ4v) is 0.784. The van der Waals surface area contributed by atoms with Crippen LogP contribution in [0.2, 0.25) is 0 Å². The van der Waals surface area contributed by atoms with Crippen molar-refractivity contribution in [3.63, 3.8) is 0 Å². The number of amides is 1. The standard InChI is InChI=1S/C9H10NO/c1-8(11)10(2)9-6-4-3-5-7-9/h4-7H,1-2H3. The summed E-state index contributed by atoms with van der Waals surface area (Å²) in [5, 5.41) is 0. The number of carbonyl (C=O) groups excluding carboxylic acids is 1. The van der Waals surface area contributed by atoms with Crippen LogP contribution in [0.5, 0.6) is 0 Å². The van der Waals surface area contributed by atoms with E-state index in [4.69, 9.17) is 0 Å². The van der Waals surface area contributed by atoms with E-state index in [9.17, 15) is 4.79 Å². The van der Waals surface area contributed by atoms with E-state index in [1.165, 1.54) is 6.92 Å². The average molecular weight is 148 g/mol. The van der Waals surface area contributed by atoms with Gasteiger partial charge >= 0.3 is 0 Å². The van der Waals surface area contributed by atoms with Crippen LogP contribution in [0.25, 0.3) is 0 Å². The number of carbonyl (C=O) groups is 1. The van der Waals surface area contributed by atoms with Crippen molar-refractivity contribution in [1.82, 2.24) is 0 Å². The van der Waals surface area contributed by atoms with Crippen LogP contribution in [0.4, 0.5) is 5.69 Å². The van der Waals surface area contributed by atoms with E-state index in [-0.39, 0.29) is 5.91 Å². The first-order valence-corrected chi connectivity index (χ1v) is 3.42. The van der Waals surface area contributed by atoms with Gasteiger partial charge < -0.3 is 4.90 Å². The SMILES string of the molecule is CC(=O)N(C)c1cc[c]cc1. The quantitative estimate of drug-likeness (QED) is 0.590. The Labute approximate surface area is 66.4 Å². The van der Waals surface area contributed by atoms with Gasteiger partial charge in [0, 0.05) is 19.7 Å². The van der Waals surface area contributed by atoms with E-state index >= 15 is 0 Å².